The first-order valence-electron chi connectivity index (χ1n) is 8.73. The second-order valence-corrected chi connectivity index (χ2v) is 8.16. The number of nitrogens with zero attached hydrogens (tertiary/aromatic N) is 2. The van der Waals surface area contributed by atoms with E-state index in [0.29, 0.717) is 17.4 Å². The van der Waals surface area contributed by atoms with Crippen LogP contribution in [0, 0.1) is 6.92 Å². The number of nitrogens with one attached hydrogen (secondary N) is 2. The van der Waals surface area contributed by atoms with Gasteiger partial charge in [-0.25, -0.2) is 8.42 Å². The first-order valence-corrected chi connectivity index (χ1v) is 10.2. The number of aromatic nitrogens is 2. The number of hydrogen-bond acceptors (Lipinski definition) is 5. The minimum atomic E-state index is -3.66. The highest BCUT2D eigenvalue weighted by Crippen LogP contribution is 2.21. The Morgan fingerprint density at radius 3 is 2.20 bits per heavy atom. The van der Waals surface area contributed by atoms with Crippen molar-refractivity contribution in [1.82, 2.24) is 10.2 Å². The van der Waals surface area contributed by atoms with Crippen LogP contribution in [0.5, 0.6) is 0 Å². The summed E-state index contributed by atoms with van der Waals surface area (Å²) in [5, 5.41) is 11.5. The molecule has 0 radical (unpaired) electrons. The van der Waals surface area contributed by atoms with Crippen LogP contribution in [-0.2, 0) is 10.0 Å². The summed E-state index contributed by atoms with van der Waals surface area (Å²) < 4.78 is 27.4. The largest absolute Gasteiger partial charge is 0.366 e. The Balaban J connectivity index is 1.67. The van der Waals surface area contributed by atoms with Gasteiger partial charge in [0, 0.05) is 6.04 Å². The van der Waals surface area contributed by atoms with Crippen LogP contribution in [0.2, 0.25) is 0 Å². The molecule has 0 atom stereocenters. The summed E-state index contributed by atoms with van der Waals surface area (Å²) in [6, 6.07) is 10.7. The summed E-state index contributed by atoms with van der Waals surface area (Å²) in [6.07, 6.45) is 7.35. The van der Waals surface area contributed by atoms with E-state index in [0.717, 1.165) is 12.8 Å². The van der Waals surface area contributed by atoms with E-state index in [9.17, 15) is 8.42 Å². The van der Waals surface area contributed by atoms with Crippen LogP contribution in [0.1, 0.15) is 44.1 Å². The average Bonchev–Trinajstić information content (AvgIpc) is 2.85. The molecule has 6 nitrogen and oxygen atoms in total. The molecule has 1 heterocycles. The fraction of sp³-hybridized carbons (Fsp3) is 0.444. The number of anilines is 2. The van der Waals surface area contributed by atoms with E-state index in [1.165, 1.54) is 25.7 Å². The summed E-state index contributed by atoms with van der Waals surface area (Å²) in [5.41, 5.74) is 0.689. The zero-order valence-corrected chi connectivity index (χ0v) is 15.2. The average molecular weight is 360 g/mol. The number of benzene rings is 1. The van der Waals surface area contributed by atoms with Crippen molar-refractivity contribution in [3.05, 3.63) is 42.0 Å². The van der Waals surface area contributed by atoms with Gasteiger partial charge in [-0.05, 0) is 43.5 Å². The van der Waals surface area contributed by atoms with Crippen LogP contribution in [0.25, 0.3) is 0 Å². The first kappa shape index (κ1) is 17.7. The van der Waals surface area contributed by atoms with Gasteiger partial charge in [0.1, 0.15) is 5.82 Å². The Morgan fingerprint density at radius 1 is 0.920 bits per heavy atom. The molecule has 1 saturated carbocycles. The van der Waals surface area contributed by atoms with Gasteiger partial charge in [-0.3, -0.25) is 4.72 Å². The molecule has 1 aliphatic rings. The van der Waals surface area contributed by atoms with Gasteiger partial charge >= 0.3 is 0 Å². The van der Waals surface area contributed by atoms with Crippen LogP contribution >= 0.6 is 0 Å². The predicted molar refractivity (Wildman–Crippen MR) is 99.1 cm³/mol. The Hall–Kier alpha value is -2.15. The quantitative estimate of drug-likeness (QED) is 0.794. The van der Waals surface area contributed by atoms with Crippen LogP contribution in [0.3, 0.4) is 0 Å². The number of sulfonamides is 1. The normalized spacial score (nSPS) is 16.2. The molecular formula is C18H24N4O2S. The van der Waals surface area contributed by atoms with Crippen molar-refractivity contribution in [1.29, 1.82) is 0 Å². The monoisotopic (exact) mass is 360 g/mol. The molecule has 3 rings (SSSR count). The maximum Gasteiger partial charge on any atom is 0.263 e. The lowest BCUT2D eigenvalue weighted by Crippen LogP contribution is -2.20. The highest BCUT2D eigenvalue weighted by atomic mass is 32.2. The number of aryl methyl sites for hydroxylation is 1. The lowest BCUT2D eigenvalue weighted by atomic mass is 10.1. The number of rotatable bonds is 5. The summed E-state index contributed by atoms with van der Waals surface area (Å²) in [4.78, 5) is 0.248. The molecule has 1 aromatic carbocycles. The van der Waals surface area contributed by atoms with Crippen molar-refractivity contribution in [3.8, 4) is 0 Å². The van der Waals surface area contributed by atoms with Crippen molar-refractivity contribution < 1.29 is 8.42 Å². The van der Waals surface area contributed by atoms with E-state index in [-0.39, 0.29) is 10.7 Å². The third-order valence-electron chi connectivity index (χ3n) is 4.49. The van der Waals surface area contributed by atoms with E-state index >= 15 is 0 Å². The molecule has 134 valence electrons. The van der Waals surface area contributed by atoms with Gasteiger partial charge in [0.15, 0.2) is 5.82 Å². The topological polar surface area (TPSA) is 84.0 Å². The second kappa shape index (κ2) is 7.82. The summed E-state index contributed by atoms with van der Waals surface area (Å²) in [5.74, 6) is 0.903. The van der Waals surface area contributed by atoms with Gasteiger partial charge in [-0.15, -0.1) is 10.2 Å². The van der Waals surface area contributed by atoms with Crippen molar-refractivity contribution >= 4 is 21.7 Å². The fourth-order valence-electron chi connectivity index (χ4n) is 3.15. The molecule has 0 bridgehead atoms. The smallest absolute Gasteiger partial charge is 0.263 e. The van der Waals surface area contributed by atoms with E-state index in [2.05, 4.69) is 20.2 Å². The molecule has 0 saturated heterocycles. The lowest BCUT2D eigenvalue weighted by molar-refractivity contribution is 0.600. The van der Waals surface area contributed by atoms with Crippen molar-refractivity contribution in [3.63, 3.8) is 0 Å². The molecule has 0 spiro atoms. The molecule has 1 aromatic heterocycles. The van der Waals surface area contributed by atoms with Gasteiger partial charge in [0.05, 0.1) is 4.90 Å². The fourth-order valence-corrected chi connectivity index (χ4v) is 4.39. The van der Waals surface area contributed by atoms with Crippen LogP contribution in [0.4, 0.5) is 11.6 Å². The Kier molecular flexibility index (Phi) is 5.53. The molecule has 0 aliphatic heterocycles. The first-order chi connectivity index (χ1) is 12.0. The molecule has 1 fully saturated rings. The zero-order valence-electron chi connectivity index (χ0n) is 14.4. The van der Waals surface area contributed by atoms with Crippen LogP contribution < -0.4 is 10.0 Å². The maximum absolute atomic E-state index is 12.5. The van der Waals surface area contributed by atoms with E-state index in [1.54, 1.807) is 37.3 Å². The van der Waals surface area contributed by atoms with Gasteiger partial charge in [0.25, 0.3) is 10.0 Å². The van der Waals surface area contributed by atoms with E-state index in [4.69, 9.17) is 0 Å². The predicted octanol–water partition coefficient (Wildman–Crippen LogP) is 3.72. The maximum atomic E-state index is 12.5. The minimum absolute atomic E-state index is 0.217. The third kappa shape index (κ3) is 4.69. The van der Waals surface area contributed by atoms with Crippen molar-refractivity contribution in [2.75, 3.05) is 10.0 Å². The standard InChI is InChI=1S/C18H24N4O2S/c1-14-8-6-7-11-16(14)25(23,24)22-18-13-12-17(20-21-18)19-15-9-4-2-3-5-10-15/h6-8,11-13,15H,2-5,9-10H2,1H3,(H,19,20)(H,21,22). The highest BCUT2D eigenvalue weighted by molar-refractivity contribution is 7.92. The van der Waals surface area contributed by atoms with Crippen molar-refractivity contribution in [2.45, 2.75) is 56.4 Å². The lowest BCUT2D eigenvalue weighted by Gasteiger charge is -2.16. The molecule has 0 amide bonds. The third-order valence-corrected chi connectivity index (χ3v) is 6.01. The summed E-state index contributed by atoms with van der Waals surface area (Å²) >= 11 is 0. The van der Waals surface area contributed by atoms with Crippen molar-refractivity contribution in [2.24, 2.45) is 0 Å². The molecule has 2 N–H and O–H groups in total. The zero-order chi connectivity index (χ0) is 17.7. The summed E-state index contributed by atoms with van der Waals surface area (Å²) in [7, 11) is -3.66. The molecule has 25 heavy (non-hydrogen) atoms. The number of hydrogen-bond donors (Lipinski definition) is 2. The minimum Gasteiger partial charge on any atom is -0.366 e. The SMILES string of the molecule is Cc1ccccc1S(=O)(=O)Nc1ccc(NC2CCCCCC2)nn1. The van der Waals surface area contributed by atoms with Crippen LogP contribution in [0.15, 0.2) is 41.3 Å². The molecule has 1 aliphatic carbocycles. The van der Waals surface area contributed by atoms with Gasteiger partial charge in [-0.1, -0.05) is 43.9 Å². The van der Waals surface area contributed by atoms with Crippen LogP contribution in [-0.4, -0.2) is 24.7 Å². The second-order valence-electron chi connectivity index (χ2n) is 6.51. The molecule has 2 aromatic rings. The molecule has 7 heteroatoms. The van der Waals surface area contributed by atoms with Gasteiger partial charge in [0.2, 0.25) is 0 Å². The molecule has 0 unspecified atom stereocenters. The highest BCUT2D eigenvalue weighted by Gasteiger charge is 2.17. The van der Waals surface area contributed by atoms with Gasteiger partial charge in [-0.2, -0.15) is 0 Å². The van der Waals surface area contributed by atoms with E-state index in [1.807, 2.05) is 6.07 Å². The Bertz CT molecular complexity index is 798. The van der Waals surface area contributed by atoms with E-state index < -0.39 is 10.0 Å². The Morgan fingerprint density at radius 2 is 1.56 bits per heavy atom. The Labute approximate surface area is 149 Å². The van der Waals surface area contributed by atoms with Gasteiger partial charge < -0.3 is 5.32 Å². The summed E-state index contributed by atoms with van der Waals surface area (Å²) in [6.45, 7) is 1.76. The molecular weight excluding hydrogens is 336 g/mol.